The number of piperidine rings is 1. The van der Waals surface area contributed by atoms with E-state index < -0.39 is 15.8 Å². The number of allylic oxidation sites excluding steroid dienone is 1. The summed E-state index contributed by atoms with van der Waals surface area (Å²) in [6, 6.07) is 5.82. The second-order valence-corrected chi connectivity index (χ2v) is 7.46. The van der Waals surface area contributed by atoms with Gasteiger partial charge in [0.15, 0.2) is 0 Å². The van der Waals surface area contributed by atoms with Crippen molar-refractivity contribution in [3.8, 4) is 0 Å². The van der Waals surface area contributed by atoms with Crippen molar-refractivity contribution in [2.24, 2.45) is 0 Å². The van der Waals surface area contributed by atoms with Gasteiger partial charge in [-0.3, -0.25) is 0 Å². The molecule has 1 aliphatic carbocycles. The summed E-state index contributed by atoms with van der Waals surface area (Å²) in [6.07, 6.45) is 4.12. The van der Waals surface area contributed by atoms with E-state index in [1.165, 1.54) is 36.1 Å². The molecule has 0 radical (unpaired) electrons. The van der Waals surface area contributed by atoms with E-state index in [4.69, 9.17) is 0 Å². The van der Waals surface area contributed by atoms with Crippen LogP contribution in [0.1, 0.15) is 31.2 Å². The largest absolute Gasteiger partial charge is 0.218 e. The Balaban J connectivity index is 1.68. The lowest BCUT2D eigenvalue weighted by Gasteiger charge is -2.27. The minimum atomic E-state index is -3.34. The average molecular weight is 295 g/mol. The highest BCUT2D eigenvalue weighted by molar-refractivity contribution is 7.88. The summed E-state index contributed by atoms with van der Waals surface area (Å²) < 4.78 is 39.4. The Morgan fingerprint density at radius 3 is 2.30 bits per heavy atom. The van der Waals surface area contributed by atoms with Gasteiger partial charge in [-0.1, -0.05) is 23.3 Å². The van der Waals surface area contributed by atoms with Gasteiger partial charge in [0.1, 0.15) is 5.82 Å². The molecule has 0 unspecified atom stereocenters. The smallest absolute Gasteiger partial charge is 0.212 e. The number of halogens is 1. The van der Waals surface area contributed by atoms with E-state index >= 15 is 0 Å². The summed E-state index contributed by atoms with van der Waals surface area (Å²) in [5.41, 5.74) is 3.51. The van der Waals surface area contributed by atoms with E-state index in [0.717, 1.165) is 12.8 Å². The van der Waals surface area contributed by atoms with Crippen molar-refractivity contribution in [3.63, 3.8) is 0 Å². The number of nitrogens with zero attached hydrogens (tertiary/aromatic N) is 1. The number of sulfonamides is 1. The molecular weight excluding hydrogens is 277 g/mol. The first-order valence-corrected chi connectivity index (χ1v) is 8.57. The normalized spacial score (nSPS) is 20.2. The molecule has 0 bridgehead atoms. The van der Waals surface area contributed by atoms with Crippen LogP contribution in [-0.4, -0.2) is 25.8 Å². The highest BCUT2D eigenvalue weighted by Crippen LogP contribution is 2.36. The number of hydrogen-bond donors (Lipinski definition) is 0. The van der Waals surface area contributed by atoms with E-state index in [1.807, 2.05) is 0 Å². The van der Waals surface area contributed by atoms with Crippen LogP contribution in [0.25, 0.3) is 0 Å². The molecule has 3 nitrogen and oxygen atoms in total. The van der Waals surface area contributed by atoms with Gasteiger partial charge in [-0.15, -0.1) is 0 Å². The Kier molecular flexibility index (Phi) is 3.65. The molecule has 5 heteroatoms. The Hall–Kier alpha value is -1.20. The minimum Gasteiger partial charge on any atom is -0.212 e. The average Bonchev–Trinajstić information content (AvgIpc) is 3.23. The van der Waals surface area contributed by atoms with Gasteiger partial charge in [0.2, 0.25) is 10.0 Å². The van der Waals surface area contributed by atoms with Gasteiger partial charge in [-0.25, -0.2) is 17.1 Å². The number of rotatable bonds is 3. The number of benzene rings is 1. The molecule has 1 aromatic carbocycles. The lowest BCUT2D eigenvalue weighted by atomic mass is 10.1. The maximum atomic E-state index is 13.1. The van der Waals surface area contributed by atoms with Crippen molar-refractivity contribution in [1.82, 2.24) is 4.31 Å². The molecule has 2 fully saturated rings. The van der Waals surface area contributed by atoms with Crippen molar-refractivity contribution in [1.29, 1.82) is 0 Å². The van der Waals surface area contributed by atoms with Gasteiger partial charge in [0, 0.05) is 13.1 Å². The molecule has 1 saturated carbocycles. The Labute approximate surface area is 119 Å². The van der Waals surface area contributed by atoms with Gasteiger partial charge in [0.25, 0.3) is 0 Å². The summed E-state index contributed by atoms with van der Waals surface area (Å²) in [5, 5.41) is 0. The van der Waals surface area contributed by atoms with Crippen molar-refractivity contribution in [2.45, 2.75) is 31.4 Å². The molecule has 0 aromatic heterocycles. The Morgan fingerprint density at radius 1 is 1.05 bits per heavy atom. The minimum absolute atomic E-state index is 0.114. The highest BCUT2D eigenvalue weighted by Gasteiger charge is 2.28. The fraction of sp³-hybridized carbons (Fsp3) is 0.467. The number of hydrogen-bond acceptors (Lipinski definition) is 2. The molecule has 0 atom stereocenters. The van der Waals surface area contributed by atoms with Crippen LogP contribution >= 0.6 is 0 Å². The van der Waals surface area contributed by atoms with E-state index in [2.05, 4.69) is 0 Å². The van der Waals surface area contributed by atoms with Crippen LogP contribution in [0.4, 0.5) is 4.39 Å². The molecule has 3 rings (SSSR count). The Bertz CT molecular complexity index is 636. The first kappa shape index (κ1) is 13.8. The van der Waals surface area contributed by atoms with E-state index in [-0.39, 0.29) is 5.75 Å². The van der Waals surface area contributed by atoms with Crippen LogP contribution < -0.4 is 0 Å². The maximum Gasteiger partial charge on any atom is 0.218 e. The molecule has 1 heterocycles. The van der Waals surface area contributed by atoms with Crippen LogP contribution in [-0.2, 0) is 15.8 Å². The van der Waals surface area contributed by atoms with Crippen LogP contribution in [0.5, 0.6) is 0 Å². The molecule has 2 aliphatic rings. The summed E-state index contributed by atoms with van der Waals surface area (Å²) >= 11 is 0. The summed E-state index contributed by atoms with van der Waals surface area (Å²) in [7, 11) is -3.34. The van der Waals surface area contributed by atoms with Crippen LogP contribution in [0, 0.1) is 5.82 Å². The van der Waals surface area contributed by atoms with Crippen LogP contribution in [0.2, 0.25) is 0 Å². The summed E-state index contributed by atoms with van der Waals surface area (Å²) in [6.45, 7) is 1.13. The zero-order valence-electron chi connectivity index (χ0n) is 11.3. The summed E-state index contributed by atoms with van der Waals surface area (Å²) in [5.74, 6) is -0.506. The van der Waals surface area contributed by atoms with E-state index in [0.29, 0.717) is 18.7 Å². The van der Waals surface area contributed by atoms with Crippen LogP contribution in [0.15, 0.2) is 35.4 Å². The zero-order valence-corrected chi connectivity index (χ0v) is 12.1. The van der Waals surface area contributed by atoms with Crippen LogP contribution in [0.3, 0.4) is 0 Å². The Morgan fingerprint density at radius 2 is 1.70 bits per heavy atom. The fourth-order valence-electron chi connectivity index (χ4n) is 2.73. The van der Waals surface area contributed by atoms with Gasteiger partial charge in [0.05, 0.1) is 5.75 Å². The molecule has 108 valence electrons. The molecular formula is C15H18FNO2S. The maximum absolute atomic E-state index is 13.1. The third-order valence-corrected chi connectivity index (χ3v) is 5.81. The summed E-state index contributed by atoms with van der Waals surface area (Å²) in [4.78, 5) is 0. The van der Waals surface area contributed by atoms with Gasteiger partial charge >= 0.3 is 0 Å². The molecule has 0 amide bonds. The molecule has 20 heavy (non-hydrogen) atoms. The zero-order chi connectivity index (χ0) is 14.2. The second-order valence-electron chi connectivity index (χ2n) is 5.49. The molecule has 1 aromatic rings. The van der Waals surface area contributed by atoms with Gasteiger partial charge in [-0.05, 0) is 43.4 Å². The first-order valence-electron chi connectivity index (χ1n) is 6.97. The van der Waals surface area contributed by atoms with Crippen molar-refractivity contribution in [2.75, 3.05) is 13.1 Å². The topological polar surface area (TPSA) is 37.4 Å². The molecule has 0 N–H and O–H groups in total. The van der Waals surface area contributed by atoms with E-state index in [9.17, 15) is 12.8 Å². The lowest BCUT2D eigenvalue weighted by molar-refractivity contribution is 0.385. The van der Waals surface area contributed by atoms with Gasteiger partial charge < -0.3 is 0 Å². The monoisotopic (exact) mass is 295 g/mol. The third kappa shape index (κ3) is 3.10. The van der Waals surface area contributed by atoms with E-state index in [1.54, 1.807) is 16.4 Å². The third-order valence-electron chi connectivity index (χ3n) is 3.96. The fourth-order valence-corrected chi connectivity index (χ4v) is 4.25. The second kappa shape index (κ2) is 5.30. The first-order chi connectivity index (χ1) is 9.54. The standard InChI is InChI=1S/C15H18FNO2S/c16-15-3-1-2-12(10-15)11-20(18,19)17-8-6-14(7-9-17)13-4-5-13/h1-3,10H,4-9,11H2. The molecule has 0 spiro atoms. The van der Waals surface area contributed by atoms with Crippen molar-refractivity contribution < 1.29 is 12.8 Å². The molecule has 1 aliphatic heterocycles. The predicted octanol–water partition coefficient (Wildman–Crippen LogP) is 2.84. The highest BCUT2D eigenvalue weighted by atomic mass is 32.2. The SMILES string of the molecule is O=S(=O)(Cc1cccc(F)c1)N1CCC(=C2CC2)CC1. The molecule has 1 saturated heterocycles. The van der Waals surface area contributed by atoms with Crippen molar-refractivity contribution >= 4 is 10.0 Å². The predicted molar refractivity (Wildman–Crippen MR) is 76.1 cm³/mol. The quantitative estimate of drug-likeness (QED) is 0.804. The lowest BCUT2D eigenvalue weighted by Crippen LogP contribution is -2.37. The van der Waals surface area contributed by atoms with Crippen molar-refractivity contribution in [3.05, 3.63) is 46.8 Å². The van der Waals surface area contributed by atoms with Gasteiger partial charge in [-0.2, -0.15) is 0 Å².